The van der Waals surface area contributed by atoms with Crippen molar-refractivity contribution in [3.8, 4) is 5.75 Å². The van der Waals surface area contributed by atoms with Gasteiger partial charge in [0.1, 0.15) is 11.3 Å². The molecule has 0 aliphatic rings. The molecule has 122 valence electrons. The fourth-order valence-corrected chi connectivity index (χ4v) is 2.92. The molecule has 0 radical (unpaired) electrons. The number of aromatic nitrogens is 1. The molecule has 1 amide bonds. The van der Waals surface area contributed by atoms with Crippen molar-refractivity contribution >= 4 is 22.5 Å². The van der Waals surface area contributed by atoms with Crippen LogP contribution in [0.4, 0.5) is 5.69 Å². The molecule has 3 aromatic rings. The smallest absolute Gasteiger partial charge is 0.267 e. The molecule has 0 spiro atoms. The van der Waals surface area contributed by atoms with Crippen LogP contribution in [-0.2, 0) is 7.05 Å². The third kappa shape index (κ3) is 2.65. The molecular weight excluding hydrogens is 304 g/mol. The lowest BCUT2D eigenvalue weighted by atomic mass is 10.1. The number of carbonyl (C=O) groups excluding carboxylic acids is 1. The highest BCUT2D eigenvalue weighted by molar-refractivity contribution is 6.09. The minimum Gasteiger partial charge on any atom is -0.506 e. The van der Waals surface area contributed by atoms with Gasteiger partial charge in [0.2, 0.25) is 0 Å². The first-order valence-electron chi connectivity index (χ1n) is 7.59. The fraction of sp³-hybridized carbons (Fsp3) is 0.158. The molecule has 1 heterocycles. The molecule has 0 aliphatic carbocycles. The number of carbonyl (C=O) groups is 1. The number of anilines is 1. The molecule has 3 rings (SSSR count). The van der Waals surface area contributed by atoms with Gasteiger partial charge in [-0.1, -0.05) is 18.2 Å². The van der Waals surface area contributed by atoms with Gasteiger partial charge in [0, 0.05) is 18.1 Å². The van der Waals surface area contributed by atoms with E-state index in [1.54, 1.807) is 31.3 Å². The molecule has 24 heavy (non-hydrogen) atoms. The van der Waals surface area contributed by atoms with Gasteiger partial charge in [-0.2, -0.15) is 0 Å². The summed E-state index contributed by atoms with van der Waals surface area (Å²) in [6.45, 7) is 3.85. The van der Waals surface area contributed by atoms with E-state index in [2.05, 4.69) is 5.32 Å². The van der Waals surface area contributed by atoms with Crippen molar-refractivity contribution in [3.05, 3.63) is 69.5 Å². The Kier molecular flexibility index (Phi) is 3.85. The maximum absolute atomic E-state index is 12.6. The summed E-state index contributed by atoms with van der Waals surface area (Å²) in [6, 6.07) is 12.5. The van der Waals surface area contributed by atoms with Crippen LogP contribution < -0.4 is 10.9 Å². The van der Waals surface area contributed by atoms with Crippen molar-refractivity contribution in [1.29, 1.82) is 0 Å². The van der Waals surface area contributed by atoms with Crippen LogP contribution in [0, 0.1) is 13.8 Å². The monoisotopic (exact) mass is 322 g/mol. The first-order valence-corrected chi connectivity index (χ1v) is 7.59. The first-order chi connectivity index (χ1) is 11.4. The molecular formula is C19H18N2O3. The lowest BCUT2D eigenvalue weighted by molar-refractivity contribution is 0.102. The van der Waals surface area contributed by atoms with Gasteiger partial charge in [-0.15, -0.1) is 0 Å². The van der Waals surface area contributed by atoms with Crippen LogP contribution in [0.5, 0.6) is 5.75 Å². The molecule has 0 saturated carbocycles. The Bertz CT molecular complexity index is 999. The van der Waals surface area contributed by atoms with Gasteiger partial charge < -0.3 is 15.0 Å². The molecule has 2 N–H and O–H groups in total. The van der Waals surface area contributed by atoms with Crippen molar-refractivity contribution in [2.45, 2.75) is 13.8 Å². The summed E-state index contributed by atoms with van der Waals surface area (Å²) in [5.74, 6) is -0.917. The van der Waals surface area contributed by atoms with Crippen molar-refractivity contribution in [2.24, 2.45) is 7.05 Å². The Labute approximate surface area is 139 Å². The van der Waals surface area contributed by atoms with Gasteiger partial charge in [0.25, 0.3) is 11.5 Å². The van der Waals surface area contributed by atoms with Crippen molar-refractivity contribution in [1.82, 2.24) is 4.57 Å². The molecule has 0 bridgehead atoms. The van der Waals surface area contributed by atoms with Crippen LogP contribution in [0.15, 0.2) is 47.3 Å². The van der Waals surface area contributed by atoms with E-state index in [4.69, 9.17) is 0 Å². The second kappa shape index (κ2) is 5.85. The maximum atomic E-state index is 12.6. The predicted octanol–water partition coefficient (Wildman–Crippen LogP) is 3.11. The second-order valence-electron chi connectivity index (χ2n) is 5.94. The van der Waals surface area contributed by atoms with Gasteiger partial charge in [-0.3, -0.25) is 9.59 Å². The number of nitrogens with one attached hydrogen (secondary N) is 1. The van der Waals surface area contributed by atoms with Crippen LogP contribution in [0.25, 0.3) is 10.9 Å². The number of pyridine rings is 1. The van der Waals surface area contributed by atoms with Crippen LogP contribution in [-0.4, -0.2) is 15.6 Å². The van der Waals surface area contributed by atoms with Crippen LogP contribution in [0.1, 0.15) is 21.5 Å². The van der Waals surface area contributed by atoms with E-state index in [9.17, 15) is 14.7 Å². The number of aryl methyl sites for hydroxylation is 3. The normalized spacial score (nSPS) is 10.8. The highest BCUT2D eigenvalue weighted by Gasteiger charge is 2.21. The Hall–Kier alpha value is -3.08. The lowest BCUT2D eigenvalue weighted by Gasteiger charge is -2.12. The van der Waals surface area contributed by atoms with Gasteiger partial charge in [0.05, 0.1) is 5.52 Å². The van der Waals surface area contributed by atoms with E-state index in [1.807, 2.05) is 32.0 Å². The topological polar surface area (TPSA) is 71.3 Å². The summed E-state index contributed by atoms with van der Waals surface area (Å²) >= 11 is 0. The number of aromatic hydroxyl groups is 1. The Morgan fingerprint density at radius 1 is 1.08 bits per heavy atom. The summed E-state index contributed by atoms with van der Waals surface area (Å²) in [7, 11) is 1.58. The molecule has 5 nitrogen and oxygen atoms in total. The summed E-state index contributed by atoms with van der Waals surface area (Å²) in [5.41, 5.74) is 2.38. The number of nitrogens with zero attached hydrogens (tertiary/aromatic N) is 1. The number of fused-ring (bicyclic) bond motifs is 1. The molecule has 5 heteroatoms. The minimum atomic E-state index is -0.621. The largest absolute Gasteiger partial charge is 0.506 e. The standard InChI is InChI=1S/C19H18N2O3/c1-11-8-12(2)10-13(9-11)20-18(23)16-17(22)14-6-4-5-7-15(14)21(3)19(16)24/h4-10,22H,1-3H3,(H,20,23). The highest BCUT2D eigenvalue weighted by atomic mass is 16.3. The zero-order valence-corrected chi connectivity index (χ0v) is 13.8. The van der Waals surface area contributed by atoms with Gasteiger partial charge in [0.15, 0.2) is 0 Å². The quantitative estimate of drug-likeness (QED) is 0.761. The second-order valence-corrected chi connectivity index (χ2v) is 5.94. The average Bonchev–Trinajstić information content (AvgIpc) is 2.52. The number of rotatable bonds is 2. The lowest BCUT2D eigenvalue weighted by Crippen LogP contribution is -2.28. The third-order valence-corrected chi connectivity index (χ3v) is 3.98. The molecule has 2 aromatic carbocycles. The fourth-order valence-electron chi connectivity index (χ4n) is 2.92. The van der Waals surface area contributed by atoms with Gasteiger partial charge >= 0.3 is 0 Å². The molecule has 0 atom stereocenters. The minimum absolute atomic E-state index is 0.254. The molecule has 1 aromatic heterocycles. The van der Waals surface area contributed by atoms with E-state index >= 15 is 0 Å². The Morgan fingerprint density at radius 3 is 2.38 bits per heavy atom. The summed E-state index contributed by atoms with van der Waals surface area (Å²) in [6.07, 6.45) is 0. The highest BCUT2D eigenvalue weighted by Crippen LogP contribution is 2.26. The van der Waals surface area contributed by atoms with E-state index in [0.717, 1.165) is 11.1 Å². The zero-order chi connectivity index (χ0) is 17.4. The van der Waals surface area contributed by atoms with E-state index in [-0.39, 0.29) is 11.3 Å². The maximum Gasteiger partial charge on any atom is 0.267 e. The first kappa shape index (κ1) is 15.8. The number of benzene rings is 2. The molecule has 0 fully saturated rings. The Balaban J connectivity index is 2.12. The number of hydrogen-bond donors (Lipinski definition) is 2. The molecule has 0 saturated heterocycles. The van der Waals surface area contributed by atoms with E-state index < -0.39 is 11.5 Å². The number of hydrogen-bond acceptors (Lipinski definition) is 3. The number of amides is 1. The summed E-state index contributed by atoms with van der Waals surface area (Å²) in [5, 5.41) is 13.6. The van der Waals surface area contributed by atoms with Gasteiger partial charge in [-0.05, 0) is 49.2 Å². The van der Waals surface area contributed by atoms with Crippen LogP contribution in [0.3, 0.4) is 0 Å². The van der Waals surface area contributed by atoms with E-state index in [0.29, 0.717) is 16.6 Å². The predicted molar refractivity (Wildman–Crippen MR) is 94.7 cm³/mol. The van der Waals surface area contributed by atoms with Gasteiger partial charge in [-0.25, -0.2) is 0 Å². The van der Waals surface area contributed by atoms with E-state index in [1.165, 1.54) is 4.57 Å². The molecule has 0 unspecified atom stereocenters. The Morgan fingerprint density at radius 2 is 1.71 bits per heavy atom. The SMILES string of the molecule is Cc1cc(C)cc(NC(=O)c2c(O)c3ccccc3n(C)c2=O)c1. The summed E-state index contributed by atoms with van der Waals surface area (Å²) < 4.78 is 1.37. The van der Waals surface area contributed by atoms with Crippen LogP contribution in [0.2, 0.25) is 0 Å². The number of para-hydroxylation sites is 1. The van der Waals surface area contributed by atoms with Crippen molar-refractivity contribution in [3.63, 3.8) is 0 Å². The third-order valence-electron chi connectivity index (χ3n) is 3.98. The van der Waals surface area contributed by atoms with Crippen molar-refractivity contribution in [2.75, 3.05) is 5.32 Å². The summed E-state index contributed by atoms with van der Waals surface area (Å²) in [4.78, 5) is 25.1. The zero-order valence-electron chi connectivity index (χ0n) is 13.8. The average molecular weight is 322 g/mol. The molecule has 0 aliphatic heterocycles. The van der Waals surface area contributed by atoms with Crippen molar-refractivity contribution < 1.29 is 9.90 Å². The van der Waals surface area contributed by atoms with Crippen LogP contribution >= 0.6 is 0 Å².